The number of hydrogen-bond donors (Lipinski definition) is 0. The Labute approximate surface area is 91.0 Å². The molecule has 0 aromatic heterocycles. The van der Waals surface area contributed by atoms with Crippen LogP contribution in [0.2, 0.25) is 0 Å². The van der Waals surface area contributed by atoms with Gasteiger partial charge < -0.3 is 0 Å². The van der Waals surface area contributed by atoms with Crippen molar-refractivity contribution in [2.45, 2.75) is 56.2 Å². The van der Waals surface area contributed by atoms with Crippen molar-refractivity contribution in [2.24, 2.45) is 11.3 Å². The Bertz CT molecular complexity index is 165. The van der Waals surface area contributed by atoms with Crippen LogP contribution in [0.1, 0.15) is 51.4 Å². The smallest absolute Gasteiger partial charge is 0.105 e. The predicted octanol–water partition coefficient (Wildman–Crippen LogP) is 4.54. The van der Waals surface area contributed by atoms with E-state index in [2.05, 4.69) is 0 Å². The van der Waals surface area contributed by atoms with E-state index in [1.165, 1.54) is 51.4 Å². The average Bonchev–Trinajstić information content (AvgIpc) is 2.17. The van der Waals surface area contributed by atoms with Gasteiger partial charge in [0.05, 0.1) is 0 Å². The maximum Gasteiger partial charge on any atom is 0.113 e. The van der Waals surface area contributed by atoms with Gasteiger partial charge in [0.2, 0.25) is 0 Å². The summed E-state index contributed by atoms with van der Waals surface area (Å²) >= 11 is 12.4. The zero-order valence-corrected chi connectivity index (χ0v) is 9.58. The molecular formula is C11H18Cl2. The van der Waals surface area contributed by atoms with Crippen molar-refractivity contribution in [3.8, 4) is 0 Å². The van der Waals surface area contributed by atoms with E-state index in [0.717, 1.165) is 5.92 Å². The van der Waals surface area contributed by atoms with Gasteiger partial charge in [-0.1, -0.05) is 25.7 Å². The zero-order chi connectivity index (χ0) is 9.31. The van der Waals surface area contributed by atoms with Crippen LogP contribution in [0, 0.1) is 11.3 Å². The lowest BCUT2D eigenvalue weighted by Gasteiger charge is -2.48. The van der Waals surface area contributed by atoms with E-state index in [1.54, 1.807) is 0 Å². The molecule has 0 amide bonds. The Kier molecular flexibility index (Phi) is 3.10. The Morgan fingerprint density at radius 3 is 1.85 bits per heavy atom. The van der Waals surface area contributed by atoms with Crippen molar-refractivity contribution in [3.63, 3.8) is 0 Å². The van der Waals surface area contributed by atoms with E-state index >= 15 is 0 Å². The van der Waals surface area contributed by atoms with Crippen molar-refractivity contribution in [1.29, 1.82) is 0 Å². The standard InChI is InChI=1S/C11H18Cl2/c12-10(13)11-7-3-1-5-9(11)6-2-4-8-11/h9-10H,1-8H2. The summed E-state index contributed by atoms with van der Waals surface area (Å²) in [7, 11) is 0. The van der Waals surface area contributed by atoms with Crippen molar-refractivity contribution < 1.29 is 0 Å². The molecule has 0 saturated heterocycles. The first-order valence-electron chi connectivity index (χ1n) is 5.54. The molecule has 0 bridgehead atoms. The Morgan fingerprint density at radius 1 is 0.923 bits per heavy atom. The van der Waals surface area contributed by atoms with E-state index in [4.69, 9.17) is 23.2 Å². The quantitative estimate of drug-likeness (QED) is 0.570. The van der Waals surface area contributed by atoms with Gasteiger partial charge in [0.15, 0.2) is 0 Å². The van der Waals surface area contributed by atoms with Crippen LogP contribution in [0.3, 0.4) is 0 Å². The summed E-state index contributed by atoms with van der Waals surface area (Å²) in [6, 6.07) is 0. The molecule has 0 spiro atoms. The molecule has 2 saturated carbocycles. The van der Waals surface area contributed by atoms with Gasteiger partial charge >= 0.3 is 0 Å². The monoisotopic (exact) mass is 220 g/mol. The third-order valence-corrected chi connectivity index (χ3v) is 5.01. The summed E-state index contributed by atoms with van der Waals surface area (Å²) in [6.07, 6.45) is 10.8. The van der Waals surface area contributed by atoms with E-state index in [9.17, 15) is 0 Å². The third-order valence-electron chi connectivity index (χ3n) is 4.14. The fourth-order valence-corrected chi connectivity index (χ4v) is 4.13. The number of rotatable bonds is 1. The lowest BCUT2D eigenvalue weighted by molar-refractivity contribution is 0.0588. The van der Waals surface area contributed by atoms with Crippen LogP contribution in [0.4, 0.5) is 0 Å². The maximum absolute atomic E-state index is 6.19. The highest BCUT2D eigenvalue weighted by molar-refractivity contribution is 6.44. The lowest BCUT2D eigenvalue weighted by atomic mass is 9.60. The molecule has 2 aliphatic rings. The van der Waals surface area contributed by atoms with Crippen LogP contribution in [-0.4, -0.2) is 4.84 Å². The predicted molar refractivity (Wildman–Crippen MR) is 58.4 cm³/mol. The van der Waals surface area contributed by atoms with Crippen LogP contribution >= 0.6 is 23.2 Å². The number of halogens is 2. The van der Waals surface area contributed by atoms with Crippen LogP contribution in [0.5, 0.6) is 0 Å². The van der Waals surface area contributed by atoms with Gasteiger partial charge in [0, 0.05) is 5.41 Å². The average molecular weight is 221 g/mol. The van der Waals surface area contributed by atoms with E-state index < -0.39 is 0 Å². The molecule has 13 heavy (non-hydrogen) atoms. The Morgan fingerprint density at radius 2 is 1.46 bits per heavy atom. The second-order valence-electron chi connectivity index (χ2n) is 4.72. The minimum absolute atomic E-state index is 0.127. The fourth-order valence-electron chi connectivity index (χ4n) is 3.34. The molecule has 0 atom stereocenters. The maximum atomic E-state index is 6.19. The van der Waals surface area contributed by atoms with Crippen LogP contribution in [-0.2, 0) is 0 Å². The molecule has 0 unspecified atom stereocenters. The van der Waals surface area contributed by atoms with E-state index in [0.29, 0.717) is 5.41 Å². The molecule has 0 aromatic carbocycles. The topological polar surface area (TPSA) is 0 Å². The number of alkyl halides is 2. The molecule has 0 N–H and O–H groups in total. The minimum Gasteiger partial charge on any atom is -0.105 e. The second kappa shape index (κ2) is 3.98. The fraction of sp³-hybridized carbons (Fsp3) is 1.00. The van der Waals surface area contributed by atoms with Crippen LogP contribution < -0.4 is 0 Å². The molecule has 2 aliphatic carbocycles. The summed E-state index contributed by atoms with van der Waals surface area (Å²) in [5.41, 5.74) is 0.305. The zero-order valence-electron chi connectivity index (χ0n) is 8.07. The van der Waals surface area contributed by atoms with Crippen molar-refractivity contribution in [1.82, 2.24) is 0 Å². The summed E-state index contributed by atoms with van der Waals surface area (Å²) in [6.45, 7) is 0. The number of hydrogen-bond acceptors (Lipinski definition) is 0. The first-order valence-corrected chi connectivity index (χ1v) is 6.41. The lowest BCUT2D eigenvalue weighted by Crippen LogP contribution is -2.41. The summed E-state index contributed by atoms with van der Waals surface area (Å²) in [5, 5.41) is 0. The third kappa shape index (κ3) is 1.72. The Hall–Kier alpha value is 0.580. The van der Waals surface area contributed by atoms with Crippen molar-refractivity contribution in [3.05, 3.63) is 0 Å². The molecular weight excluding hydrogens is 203 g/mol. The molecule has 0 heterocycles. The molecule has 0 aliphatic heterocycles. The first kappa shape index (κ1) is 10.1. The van der Waals surface area contributed by atoms with Gasteiger partial charge in [0.25, 0.3) is 0 Å². The highest BCUT2D eigenvalue weighted by Crippen LogP contribution is 2.54. The molecule has 76 valence electrons. The van der Waals surface area contributed by atoms with Gasteiger partial charge in [-0.15, -0.1) is 23.2 Å². The van der Waals surface area contributed by atoms with Gasteiger partial charge in [-0.25, -0.2) is 0 Å². The highest BCUT2D eigenvalue weighted by atomic mass is 35.5. The summed E-state index contributed by atoms with van der Waals surface area (Å²) in [4.78, 5) is -0.127. The Balaban J connectivity index is 2.16. The molecule has 0 nitrogen and oxygen atoms in total. The second-order valence-corrected chi connectivity index (χ2v) is 5.82. The highest BCUT2D eigenvalue weighted by Gasteiger charge is 2.46. The van der Waals surface area contributed by atoms with Crippen LogP contribution in [0.25, 0.3) is 0 Å². The first-order chi connectivity index (χ1) is 6.26. The van der Waals surface area contributed by atoms with Crippen molar-refractivity contribution >= 4 is 23.2 Å². The normalized spacial score (nSPS) is 40.4. The molecule has 2 fully saturated rings. The largest absolute Gasteiger partial charge is 0.113 e. The van der Waals surface area contributed by atoms with E-state index in [1.807, 2.05) is 0 Å². The van der Waals surface area contributed by atoms with Gasteiger partial charge in [-0.2, -0.15) is 0 Å². The van der Waals surface area contributed by atoms with Crippen molar-refractivity contribution in [2.75, 3.05) is 0 Å². The van der Waals surface area contributed by atoms with Gasteiger partial charge in [0.1, 0.15) is 4.84 Å². The molecule has 2 heteroatoms. The van der Waals surface area contributed by atoms with Gasteiger partial charge in [-0.05, 0) is 31.6 Å². The molecule has 0 aromatic rings. The molecule has 2 rings (SSSR count). The van der Waals surface area contributed by atoms with Gasteiger partial charge in [-0.3, -0.25) is 0 Å². The molecule has 0 radical (unpaired) electrons. The summed E-state index contributed by atoms with van der Waals surface area (Å²) < 4.78 is 0. The SMILES string of the molecule is ClC(Cl)C12CCCCC1CCCC2. The van der Waals surface area contributed by atoms with E-state index in [-0.39, 0.29) is 4.84 Å². The summed E-state index contributed by atoms with van der Waals surface area (Å²) in [5.74, 6) is 0.829. The number of fused-ring (bicyclic) bond motifs is 1. The van der Waals surface area contributed by atoms with Crippen LogP contribution in [0.15, 0.2) is 0 Å². The minimum atomic E-state index is -0.127.